The molecule has 1 aliphatic carbocycles. The summed E-state index contributed by atoms with van der Waals surface area (Å²) in [6.07, 6.45) is 4.70. The number of carbonyl (C=O) groups excluding carboxylic acids is 2. The zero-order valence-electron chi connectivity index (χ0n) is 16.9. The van der Waals surface area contributed by atoms with Gasteiger partial charge in [-0.2, -0.15) is 0 Å². The van der Waals surface area contributed by atoms with Crippen LogP contribution in [-0.2, 0) is 17.6 Å². The Hall–Kier alpha value is -2.78. The maximum Gasteiger partial charge on any atom is 0.269 e. The Morgan fingerprint density at radius 1 is 1.20 bits per heavy atom. The number of Topliss-reactive ketones (excluding diaryl/α,β-unsaturated/α-hetero) is 1. The van der Waals surface area contributed by atoms with Crippen LogP contribution in [-0.4, -0.2) is 43.4 Å². The van der Waals surface area contributed by atoms with Gasteiger partial charge in [-0.25, -0.2) is 0 Å². The normalized spacial score (nSPS) is 12.8. The van der Waals surface area contributed by atoms with Crippen LogP contribution in [0.2, 0.25) is 0 Å². The van der Waals surface area contributed by atoms with Crippen LogP contribution in [0.3, 0.4) is 0 Å². The molecule has 0 radical (unpaired) electrons. The van der Waals surface area contributed by atoms with Gasteiger partial charge >= 0.3 is 0 Å². The van der Waals surface area contributed by atoms with Gasteiger partial charge in [0, 0.05) is 42.8 Å². The van der Waals surface area contributed by atoms with Crippen molar-refractivity contribution >= 4 is 33.7 Å². The second-order valence-electron chi connectivity index (χ2n) is 7.10. The van der Waals surface area contributed by atoms with Crippen LogP contribution in [0.25, 0.3) is 0 Å². The molecule has 0 atom stereocenters. The zero-order chi connectivity index (χ0) is 21.5. The van der Waals surface area contributed by atoms with Crippen LogP contribution in [0.15, 0.2) is 24.3 Å². The van der Waals surface area contributed by atoms with Gasteiger partial charge in [-0.15, -0.1) is 11.3 Å². The van der Waals surface area contributed by atoms with E-state index in [0.717, 1.165) is 37.7 Å². The fourth-order valence-corrected chi connectivity index (χ4v) is 4.75. The quantitative estimate of drug-likeness (QED) is 0.257. The summed E-state index contributed by atoms with van der Waals surface area (Å²) in [6, 6.07) is 5.53. The minimum Gasteiger partial charge on any atom is -0.385 e. The van der Waals surface area contributed by atoms with Gasteiger partial charge in [0.1, 0.15) is 5.00 Å². The van der Waals surface area contributed by atoms with Gasteiger partial charge in [0.15, 0.2) is 5.78 Å². The number of nitrogens with one attached hydrogen (secondary N) is 2. The number of anilines is 1. The standard InChI is InChI=1S/C21H25N3O5S/c1-29-12-4-11-22-20(26)19-16-5-2-3-6-18(16)30-21(19)23-13-17(25)14-7-9-15(10-8-14)24(27)28/h7-10,23H,2-6,11-13H2,1H3,(H,22,26). The van der Waals surface area contributed by atoms with Gasteiger partial charge in [-0.05, 0) is 49.8 Å². The highest BCUT2D eigenvalue weighted by Gasteiger charge is 2.25. The number of ketones is 1. The molecule has 2 N–H and O–H groups in total. The Bertz CT molecular complexity index is 923. The van der Waals surface area contributed by atoms with Crippen LogP contribution >= 0.6 is 11.3 Å². The molecule has 0 saturated carbocycles. The lowest BCUT2D eigenvalue weighted by Crippen LogP contribution is -2.27. The van der Waals surface area contributed by atoms with Crippen molar-refractivity contribution in [3.63, 3.8) is 0 Å². The maximum absolute atomic E-state index is 12.8. The molecule has 30 heavy (non-hydrogen) atoms. The number of non-ortho nitro benzene ring substituents is 1. The molecule has 0 spiro atoms. The molecule has 0 unspecified atom stereocenters. The van der Waals surface area contributed by atoms with E-state index >= 15 is 0 Å². The van der Waals surface area contributed by atoms with E-state index in [0.29, 0.717) is 29.3 Å². The van der Waals surface area contributed by atoms with E-state index in [9.17, 15) is 19.7 Å². The van der Waals surface area contributed by atoms with Crippen LogP contribution < -0.4 is 10.6 Å². The third kappa shape index (κ3) is 5.22. The topological polar surface area (TPSA) is 111 Å². The van der Waals surface area contributed by atoms with E-state index in [-0.39, 0.29) is 23.9 Å². The van der Waals surface area contributed by atoms with E-state index in [1.54, 1.807) is 7.11 Å². The Morgan fingerprint density at radius 2 is 1.93 bits per heavy atom. The van der Waals surface area contributed by atoms with Crippen molar-refractivity contribution in [1.29, 1.82) is 0 Å². The number of amides is 1. The number of carbonyl (C=O) groups is 2. The Kier molecular flexibility index (Phi) is 7.53. The molecular weight excluding hydrogens is 406 g/mol. The summed E-state index contributed by atoms with van der Waals surface area (Å²) in [4.78, 5) is 36.8. The maximum atomic E-state index is 12.8. The number of fused-ring (bicyclic) bond motifs is 1. The van der Waals surface area contributed by atoms with Gasteiger partial charge < -0.3 is 15.4 Å². The van der Waals surface area contributed by atoms with Crippen molar-refractivity contribution in [2.75, 3.05) is 32.1 Å². The summed E-state index contributed by atoms with van der Waals surface area (Å²) in [6.45, 7) is 1.12. The first-order valence-corrected chi connectivity index (χ1v) is 10.8. The summed E-state index contributed by atoms with van der Waals surface area (Å²) >= 11 is 1.54. The monoisotopic (exact) mass is 431 g/mol. The number of hydrogen-bond acceptors (Lipinski definition) is 7. The average molecular weight is 432 g/mol. The van der Waals surface area contributed by atoms with Gasteiger partial charge in [-0.1, -0.05) is 0 Å². The van der Waals surface area contributed by atoms with Crippen LogP contribution in [0, 0.1) is 10.1 Å². The molecule has 0 bridgehead atoms. The first kappa shape index (κ1) is 21.9. The van der Waals surface area contributed by atoms with Crippen LogP contribution in [0.5, 0.6) is 0 Å². The predicted octanol–water partition coefficient (Wildman–Crippen LogP) is 3.60. The van der Waals surface area contributed by atoms with Crippen LogP contribution in [0.4, 0.5) is 10.7 Å². The first-order valence-electron chi connectivity index (χ1n) is 9.94. The fourth-order valence-electron chi connectivity index (χ4n) is 3.47. The van der Waals surface area contributed by atoms with Crippen molar-refractivity contribution in [1.82, 2.24) is 5.32 Å². The van der Waals surface area contributed by atoms with Crippen molar-refractivity contribution in [3.05, 3.63) is 55.9 Å². The number of nitrogens with zero attached hydrogens (tertiary/aromatic N) is 1. The van der Waals surface area contributed by atoms with Crippen molar-refractivity contribution in [2.45, 2.75) is 32.1 Å². The largest absolute Gasteiger partial charge is 0.385 e. The van der Waals surface area contributed by atoms with Crippen molar-refractivity contribution in [3.8, 4) is 0 Å². The fraction of sp³-hybridized carbons (Fsp3) is 0.429. The molecule has 0 saturated heterocycles. The SMILES string of the molecule is COCCCNC(=O)c1c(NCC(=O)c2ccc([N+](=O)[O-])cc2)sc2c1CCCC2. The highest BCUT2D eigenvalue weighted by molar-refractivity contribution is 7.16. The summed E-state index contributed by atoms with van der Waals surface area (Å²) in [5.74, 6) is -0.321. The number of benzene rings is 1. The molecule has 2 aromatic rings. The van der Waals surface area contributed by atoms with Gasteiger partial charge in [0.05, 0.1) is 17.0 Å². The third-order valence-electron chi connectivity index (χ3n) is 5.02. The van der Waals surface area contributed by atoms with Gasteiger partial charge in [0.2, 0.25) is 0 Å². The molecule has 1 amide bonds. The molecule has 3 rings (SSSR count). The average Bonchev–Trinajstić information content (AvgIpc) is 3.13. The molecule has 8 nitrogen and oxygen atoms in total. The summed E-state index contributed by atoms with van der Waals surface area (Å²) < 4.78 is 5.02. The number of rotatable bonds is 10. The predicted molar refractivity (Wildman–Crippen MR) is 116 cm³/mol. The lowest BCUT2D eigenvalue weighted by Gasteiger charge is -2.13. The molecule has 0 fully saturated rings. The number of aryl methyl sites for hydroxylation is 1. The van der Waals surface area contributed by atoms with Gasteiger partial charge in [0.25, 0.3) is 11.6 Å². The molecule has 1 aromatic heterocycles. The van der Waals surface area contributed by atoms with E-state index in [1.165, 1.54) is 40.5 Å². The van der Waals surface area contributed by atoms with Crippen molar-refractivity contribution < 1.29 is 19.2 Å². The minimum absolute atomic E-state index is 0.0150. The number of hydrogen-bond donors (Lipinski definition) is 2. The molecular formula is C21H25N3O5S. The smallest absolute Gasteiger partial charge is 0.269 e. The summed E-state index contributed by atoms with van der Waals surface area (Å²) in [5.41, 5.74) is 2.06. The number of methoxy groups -OCH3 is 1. The lowest BCUT2D eigenvalue weighted by molar-refractivity contribution is -0.384. The zero-order valence-corrected chi connectivity index (χ0v) is 17.7. The summed E-state index contributed by atoms with van der Waals surface area (Å²) in [7, 11) is 1.63. The number of thiophene rings is 1. The van der Waals surface area contributed by atoms with Gasteiger partial charge in [-0.3, -0.25) is 19.7 Å². The van der Waals surface area contributed by atoms with Crippen LogP contribution in [0.1, 0.15) is 50.4 Å². The van der Waals surface area contributed by atoms with E-state index in [1.807, 2.05) is 0 Å². The Labute approximate surface area is 178 Å². The second kappa shape index (κ2) is 10.3. The minimum atomic E-state index is -0.500. The third-order valence-corrected chi connectivity index (χ3v) is 6.27. The highest BCUT2D eigenvalue weighted by atomic mass is 32.1. The molecule has 1 aromatic carbocycles. The number of nitro groups is 1. The second-order valence-corrected chi connectivity index (χ2v) is 8.20. The highest BCUT2D eigenvalue weighted by Crippen LogP contribution is 2.38. The Balaban J connectivity index is 1.71. The lowest BCUT2D eigenvalue weighted by atomic mass is 9.95. The molecule has 0 aliphatic heterocycles. The van der Waals surface area contributed by atoms with Crippen molar-refractivity contribution in [2.24, 2.45) is 0 Å². The first-order chi connectivity index (χ1) is 14.5. The number of nitro benzene ring substituents is 1. The molecule has 160 valence electrons. The molecule has 1 heterocycles. The number of ether oxygens (including phenoxy) is 1. The van der Waals surface area contributed by atoms with E-state index < -0.39 is 4.92 Å². The Morgan fingerprint density at radius 3 is 2.63 bits per heavy atom. The molecule has 9 heteroatoms. The molecule has 1 aliphatic rings. The van der Waals surface area contributed by atoms with E-state index in [4.69, 9.17) is 4.74 Å². The summed E-state index contributed by atoms with van der Waals surface area (Å²) in [5, 5.41) is 17.6. The van der Waals surface area contributed by atoms with E-state index in [2.05, 4.69) is 10.6 Å².